The first-order chi connectivity index (χ1) is 9.94. The van der Waals surface area contributed by atoms with Crippen LogP contribution in [0.15, 0.2) is 36.4 Å². The Bertz CT molecular complexity index is 660. The molecule has 0 aromatic heterocycles. The highest BCUT2D eigenvalue weighted by molar-refractivity contribution is 6.35. The summed E-state index contributed by atoms with van der Waals surface area (Å²) in [5.41, 5.74) is 0.327. The van der Waals surface area contributed by atoms with Crippen molar-refractivity contribution in [1.29, 1.82) is 0 Å². The zero-order valence-corrected chi connectivity index (χ0v) is 12.1. The third kappa shape index (κ3) is 4.58. The summed E-state index contributed by atoms with van der Waals surface area (Å²) in [6, 6.07) is 7.54. The monoisotopic (exact) mass is 330 g/mol. The van der Waals surface area contributed by atoms with E-state index in [1.807, 2.05) is 0 Å². The molecule has 2 rings (SSSR count). The SMILES string of the molecule is O=C(CNc1cc(Cl)cc(Cl)c1)Nc1cc(F)ccc1F. The van der Waals surface area contributed by atoms with Gasteiger partial charge in [0, 0.05) is 21.8 Å². The number of halogens is 4. The molecule has 0 aliphatic carbocycles. The Morgan fingerprint density at radius 1 is 1.05 bits per heavy atom. The number of carbonyl (C=O) groups excluding carboxylic acids is 1. The fourth-order valence-electron chi connectivity index (χ4n) is 1.63. The second kappa shape index (κ2) is 6.74. The van der Waals surface area contributed by atoms with Gasteiger partial charge in [-0.3, -0.25) is 4.79 Å². The lowest BCUT2D eigenvalue weighted by Crippen LogP contribution is -2.22. The van der Waals surface area contributed by atoms with Gasteiger partial charge in [-0.1, -0.05) is 23.2 Å². The van der Waals surface area contributed by atoms with E-state index in [-0.39, 0.29) is 12.2 Å². The lowest BCUT2D eigenvalue weighted by Gasteiger charge is -2.09. The summed E-state index contributed by atoms with van der Waals surface area (Å²) in [6.07, 6.45) is 0. The predicted octanol–water partition coefficient (Wildman–Crippen LogP) is 4.32. The summed E-state index contributed by atoms with van der Waals surface area (Å²) in [7, 11) is 0. The van der Waals surface area contributed by atoms with Crippen molar-refractivity contribution in [3.63, 3.8) is 0 Å². The third-order valence-electron chi connectivity index (χ3n) is 2.52. The first-order valence-electron chi connectivity index (χ1n) is 5.89. The molecule has 0 fully saturated rings. The lowest BCUT2D eigenvalue weighted by atomic mass is 10.3. The van der Waals surface area contributed by atoms with Crippen LogP contribution in [-0.4, -0.2) is 12.5 Å². The normalized spacial score (nSPS) is 10.3. The Balaban J connectivity index is 1.97. The van der Waals surface area contributed by atoms with E-state index in [1.165, 1.54) is 0 Å². The molecule has 0 aliphatic rings. The van der Waals surface area contributed by atoms with Crippen molar-refractivity contribution in [2.45, 2.75) is 0 Å². The van der Waals surface area contributed by atoms with Gasteiger partial charge in [0.05, 0.1) is 12.2 Å². The van der Waals surface area contributed by atoms with Crippen LogP contribution in [0.1, 0.15) is 0 Å². The van der Waals surface area contributed by atoms with E-state index in [2.05, 4.69) is 10.6 Å². The maximum Gasteiger partial charge on any atom is 0.243 e. The highest BCUT2D eigenvalue weighted by Crippen LogP contribution is 2.22. The number of hydrogen-bond donors (Lipinski definition) is 2. The Labute approximate surface area is 129 Å². The fraction of sp³-hybridized carbons (Fsp3) is 0.0714. The molecule has 0 spiro atoms. The van der Waals surface area contributed by atoms with Gasteiger partial charge in [0.15, 0.2) is 0 Å². The summed E-state index contributed by atoms with van der Waals surface area (Å²) in [4.78, 5) is 11.7. The van der Waals surface area contributed by atoms with Crippen LogP contribution in [0.2, 0.25) is 10.0 Å². The van der Waals surface area contributed by atoms with E-state index in [1.54, 1.807) is 18.2 Å². The maximum absolute atomic E-state index is 13.4. The second-order valence-electron chi connectivity index (χ2n) is 4.18. The third-order valence-corrected chi connectivity index (χ3v) is 2.95. The summed E-state index contributed by atoms with van der Waals surface area (Å²) in [5.74, 6) is -1.88. The van der Waals surface area contributed by atoms with E-state index < -0.39 is 17.5 Å². The largest absolute Gasteiger partial charge is 0.376 e. The summed E-state index contributed by atoms with van der Waals surface area (Å²) >= 11 is 11.6. The van der Waals surface area contributed by atoms with Gasteiger partial charge in [-0.2, -0.15) is 0 Å². The van der Waals surface area contributed by atoms with Crippen LogP contribution in [0.25, 0.3) is 0 Å². The predicted molar refractivity (Wildman–Crippen MR) is 79.9 cm³/mol. The van der Waals surface area contributed by atoms with Gasteiger partial charge in [-0.25, -0.2) is 8.78 Å². The van der Waals surface area contributed by atoms with E-state index >= 15 is 0 Å². The van der Waals surface area contributed by atoms with E-state index in [0.717, 1.165) is 18.2 Å². The van der Waals surface area contributed by atoms with Crippen LogP contribution < -0.4 is 10.6 Å². The highest BCUT2D eigenvalue weighted by atomic mass is 35.5. The molecule has 0 atom stereocenters. The average Bonchev–Trinajstić information content (AvgIpc) is 2.40. The molecule has 7 heteroatoms. The van der Waals surface area contributed by atoms with Crippen molar-refractivity contribution in [1.82, 2.24) is 0 Å². The van der Waals surface area contributed by atoms with Crippen molar-refractivity contribution in [2.24, 2.45) is 0 Å². The molecule has 0 heterocycles. The fourth-order valence-corrected chi connectivity index (χ4v) is 2.15. The minimum absolute atomic E-state index is 0.146. The van der Waals surface area contributed by atoms with E-state index in [9.17, 15) is 13.6 Å². The smallest absolute Gasteiger partial charge is 0.243 e. The quantitative estimate of drug-likeness (QED) is 0.876. The second-order valence-corrected chi connectivity index (χ2v) is 5.06. The minimum atomic E-state index is -0.712. The zero-order chi connectivity index (χ0) is 15.4. The van der Waals surface area contributed by atoms with Crippen molar-refractivity contribution >= 4 is 40.5 Å². The molecule has 0 unspecified atom stereocenters. The van der Waals surface area contributed by atoms with Crippen LogP contribution in [0.4, 0.5) is 20.2 Å². The first kappa shape index (κ1) is 15.5. The average molecular weight is 331 g/mol. The molecule has 3 nitrogen and oxygen atoms in total. The van der Waals surface area contributed by atoms with Crippen molar-refractivity contribution in [3.8, 4) is 0 Å². The van der Waals surface area contributed by atoms with Gasteiger partial charge in [-0.05, 0) is 30.3 Å². The van der Waals surface area contributed by atoms with Gasteiger partial charge >= 0.3 is 0 Å². The van der Waals surface area contributed by atoms with Gasteiger partial charge in [0.2, 0.25) is 5.91 Å². The van der Waals surface area contributed by atoms with Gasteiger partial charge in [0.25, 0.3) is 0 Å². The maximum atomic E-state index is 13.4. The van der Waals surface area contributed by atoms with Gasteiger partial charge in [-0.15, -0.1) is 0 Å². The van der Waals surface area contributed by atoms with Crippen LogP contribution in [-0.2, 0) is 4.79 Å². The molecule has 0 aliphatic heterocycles. The number of rotatable bonds is 4. The summed E-state index contributed by atoms with van der Waals surface area (Å²) in [5, 5.41) is 5.89. The van der Waals surface area contributed by atoms with Crippen LogP contribution in [0, 0.1) is 11.6 Å². The lowest BCUT2D eigenvalue weighted by molar-refractivity contribution is -0.114. The molecule has 2 aromatic rings. The first-order valence-corrected chi connectivity index (χ1v) is 6.64. The molecule has 21 heavy (non-hydrogen) atoms. The molecule has 2 N–H and O–H groups in total. The number of nitrogens with one attached hydrogen (secondary N) is 2. The van der Waals surface area contributed by atoms with Crippen LogP contribution in [0.5, 0.6) is 0 Å². The molecule has 110 valence electrons. The number of hydrogen-bond acceptors (Lipinski definition) is 2. The number of amides is 1. The molecule has 2 aromatic carbocycles. The minimum Gasteiger partial charge on any atom is -0.376 e. The number of benzene rings is 2. The summed E-state index contributed by atoms with van der Waals surface area (Å²) < 4.78 is 26.3. The van der Waals surface area contributed by atoms with Crippen molar-refractivity contribution < 1.29 is 13.6 Å². The standard InChI is InChI=1S/C14H10Cl2F2N2O/c15-8-3-9(16)5-11(4-8)19-7-14(21)20-13-6-10(17)1-2-12(13)18/h1-6,19H,7H2,(H,20,21). The van der Waals surface area contributed by atoms with Crippen molar-refractivity contribution in [3.05, 3.63) is 58.1 Å². The van der Waals surface area contributed by atoms with Crippen LogP contribution in [0.3, 0.4) is 0 Å². The van der Waals surface area contributed by atoms with Gasteiger partial charge < -0.3 is 10.6 Å². The topological polar surface area (TPSA) is 41.1 Å². The molecule has 1 amide bonds. The Hall–Kier alpha value is -1.85. The van der Waals surface area contributed by atoms with Gasteiger partial charge in [0.1, 0.15) is 11.6 Å². The van der Waals surface area contributed by atoms with E-state index in [4.69, 9.17) is 23.2 Å². The summed E-state index contributed by atoms with van der Waals surface area (Å²) in [6.45, 7) is -0.146. The molecule has 0 saturated carbocycles. The van der Waals surface area contributed by atoms with E-state index in [0.29, 0.717) is 15.7 Å². The number of carbonyl (C=O) groups is 1. The molecular weight excluding hydrogens is 321 g/mol. The van der Waals surface area contributed by atoms with Crippen molar-refractivity contribution in [2.75, 3.05) is 17.2 Å². The molecule has 0 saturated heterocycles. The zero-order valence-electron chi connectivity index (χ0n) is 10.6. The Kier molecular flexibility index (Phi) is 4.98. The molecule has 0 bridgehead atoms. The number of anilines is 2. The highest BCUT2D eigenvalue weighted by Gasteiger charge is 2.08. The van der Waals surface area contributed by atoms with Crippen LogP contribution >= 0.6 is 23.2 Å². The molecule has 0 radical (unpaired) electrons. The Morgan fingerprint density at radius 3 is 2.38 bits per heavy atom. The Morgan fingerprint density at radius 2 is 1.71 bits per heavy atom. The molecular formula is C14H10Cl2F2N2O.